The van der Waals surface area contributed by atoms with Gasteiger partial charge in [0.05, 0.1) is 16.1 Å². The molecule has 0 N–H and O–H groups in total. The maximum Gasteiger partial charge on any atom is 0.160 e. The van der Waals surface area contributed by atoms with E-state index in [0.717, 1.165) is 5.56 Å². The van der Waals surface area contributed by atoms with Crippen molar-refractivity contribution in [2.45, 2.75) is 52.1 Å². The lowest BCUT2D eigenvalue weighted by atomic mass is 10.1. The van der Waals surface area contributed by atoms with Crippen molar-refractivity contribution in [1.29, 1.82) is 0 Å². The standard InChI is InChI=1S/C15H24OSi2/c1-11-9-14-15(10-13(11)12(2)16)18(5,6)8-7-17(14,3)4/h9-10H,7-8H2,1-6H3. The summed E-state index contributed by atoms with van der Waals surface area (Å²) in [5, 5.41) is 3.20. The van der Waals surface area contributed by atoms with E-state index in [1.165, 1.54) is 17.7 Å². The molecule has 0 unspecified atom stereocenters. The monoisotopic (exact) mass is 276 g/mol. The molecule has 0 bridgehead atoms. The van der Waals surface area contributed by atoms with Gasteiger partial charge < -0.3 is 0 Å². The van der Waals surface area contributed by atoms with E-state index >= 15 is 0 Å². The van der Waals surface area contributed by atoms with Crippen LogP contribution in [0.3, 0.4) is 0 Å². The molecule has 1 aliphatic rings. The molecule has 0 saturated carbocycles. The van der Waals surface area contributed by atoms with Crippen LogP contribution < -0.4 is 10.4 Å². The van der Waals surface area contributed by atoms with E-state index in [1.807, 2.05) is 0 Å². The Hall–Kier alpha value is -0.676. The number of Topliss-reactive ketones (excluding diaryl/α,β-unsaturated/α-hetero) is 1. The van der Waals surface area contributed by atoms with Crippen LogP contribution in [-0.4, -0.2) is 21.9 Å². The van der Waals surface area contributed by atoms with Crippen molar-refractivity contribution < 1.29 is 4.79 Å². The normalized spacial score (nSPS) is 20.3. The van der Waals surface area contributed by atoms with E-state index < -0.39 is 16.1 Å². The van der Waals surface area contributed by atoms with Gasteiger partial charge in [-0.2, -0.15) is 0 Å². The number of carbonyl (C=O) groups excluding carboxylic acids is 1. The third-order valence-electron chi connectivity index (χ3n) is 4.58. The van der Waals surface area contributed by atoms with E-state index in [-0.39, 0.29) is 5.78 Å². The third-order valence-corrected chi connectivity index (χ3v) is 12.1. The van der Waals surface area contributed by atoms with Gasteiger partial charge in [-0.25, -0.2) is 0 Å². The van der Waals surface area contributed by atoms with Crippen molar-refractivity contribution in [3.8, 4) is 0 Å². The minimum Gasteiger partial charge on any atom is -0.295 e. The highest BCUT2D eigenvalue weighted by molar-refractivity contribution is 7.03. The van der Waals surface area contributed by atoms with Crippen molar-refractivity contribution in [1.82, 2.24) is 0 Å². The lowest BCUT2D eigenvalue weighted by Crippen LogP contribution is -2.63. The predicted molar refractivity (Wildman–Crippen MR) is 85.0 cm³/mol. The van der Waals surface area contributed by atoms with Gasteiger partial charge in [-0.1, -0.05) is 60.8 Å². The number of aryl methyl sites for hydroxylation is 1. The van der Waals surface area contributed by atoms with Crippen molar-refractivity contribution in [3.05, 3.63) is 23.3 Å². The van der Waals surface area contributed by atoms with Crippen LogP contribution in [0, 0.1) is 6.92 Å². The van der Waals surface area contributed by atoms with E-state index in [0.29, 0.717) is 0 Å². The van der Waals surface area contributed by atoms with E-state index in [2.05, 4.69) is 45.2 Å². The molecule has 0 aromatic heterocycles. The van der Waals surface area contributed by atoms with Crippen LogP contribution in [-0.2, 0) is 0 Å². The number of ketones is 1. The second kappa shape index (κ2) is 4.17. The van der Waals surface area contributed by atoms with Crippen LogP contribution in [0.1, 0.15) is 22.8 Å². The molecular weight excluding hydrogens is 252 g/mol. The summed E-state index contributed by atoms with van der Waals surface area (Å²) in [4.78, 5) is 11.8. The molecule has 1 aromatic carbocycles. The van der Waals surface area contributed by atoms with Crippen molar-refractivity contribution in [2.24, 2.45) is 0 Å². The smallest absolute Gasteiger partial charge is 0.160 e. The predicted octanol–water partition coefficient (Wildman–Crippen LogP) is 3.04. The van der Waals surface area contributed by atoms with Crippen molar-refractivity contribution in [3.63, 3.8) is 0 Å². The Morgan fingerprint density at radius 3 is 1.89 bits per heavy atom. The second-order valence-corrected chi connectivity index (χ2v) is 16.6. The van der Waals surface area contributed by atoms with Crippen LogP contribution in [0.25, 0.3) is 0 Å². The first-order valence-corrected chi connectivity index (χ1v) is 13.2. The fourth-order valence-corrected chi connectivity index (χ4v) is 13.4. The Balaban J connectivity index is 2.73. The van der Waals surface area contributed by atoms with Gasteiger partial charge in [-0.15, -0.1) is 0 Å². The highest BCUT2D eigenvalue weighted by atomic mass is 28.3. The lowest BCUT2D eigenvalue weighted by molar-refractivity contribution is 0.101. The van der Waals surface area contributed by atoms with Gasteiger partial charge in [-0.3, -0.25) is 4.79 Å². The first-order chi connectivity index (χ1) is 8.15. The van der Waals surface area contributed by atoms with Gasteiger partial charge in [-0.05, 0) is 19.4 Å². The zero-order valence-corrected chi connectivity index (χ0v) is 14.5. The molecule has 0 fully saturated rings. The van der Waals surface area contributed by atoms with Crippen LogP contribution >= 0.6 is 0 Å². The number of fused-ring (bicyclic) bond motifs is 1. The van der Waals surface area contributed by atoms with Crippen molar-refractivity contribution in [2.75, 3.05) is 0 Å². The molecule has 1 aliphatic heterocycles. The van der Waals surface area contributed by atoms with Crippen molar-refractivity contribution >= 4 is 32.3 Å². The average molecular weight is 277 g/mol. The Bertz CT molecular complexity index is 515. The van der Waals surface area contributed by atoms with Gasteiger partial charge in [0, 0.05) is 5.56 Å². The number of rotatable bonds is 1. The zero-order valence-electron chi connectivity index (χ0n) is 12.5. The summed E-state index contributed by atoms with van der Waals surface area (Å²) in [6.07, 6.45) is 0. The minimum absolute atomic E-state index is 0.213. The Morgan fingerprint density at radius 2 is 1.44 bits per heavy atom. The first kappa shape index (κ1) is 13.7. The molecule has 0 spiro atoms. The molecule has 1 nitrogen and oxygen atoms in total. The molecule has 0 atom stereocenters. The van der Waals surface area contributed by atoms with Gasteiger partial charge in [0.2, 0.25) is 0 Å². The van der Waals surface area contributed by atoms with Gasteiger partial charge in [0.15, 0.2) is 5.78 Å². The summed E-state index contributed by atoms with van der Waals surface area (Å²) >= 11 is 0. The quantitative estimate of drug-likeness (QED) is 0.569. The Morgan fingerprint density at radius 1 is 1.00 bits per heavy atom. The minimum atomic E-state index is -1.32. The second-order valence-electron chi connectivity index (χ2n) is 7.04. The van der Waals surface area contributed by atoms with Gasteiger partial charge >= 0.3 is 0 Å². The Labute approximate surface area is 113 Å². The number of hydrogen-bond acceptors (Lipinski definition) is 1. The highest BCUT2D eigenvalue weighted by Crippen LogP contribution is 2.26. The first-order valence-electron chi connectivity index (χ1n) is 6.82. The topological polar surface area (TPSA) is 17.1 Å². The third kappa shape index (κ3) is 2.14. The van der Waals surface area contributed by atoms with E-state index in [9.17, 15) is 4.79 Å². The molecule has 0 saturated heterocycles. The number of carbonyl (C=O) groups is 1. The molecule has 0 radical (unpaired) electrons. The van der Waals surface area contributed by atoms with Crippen LogP contribution in [0.2, 0.25) is 38.3 Å². The molecule has 0 amide bonds. The SMILES string of the molecule is CC(=O)c1cc2c(cc1C)[Si](C)(C)CC[Si]2(C)C. The summed E-state index contributed by atoms with van der Waals surface area (Å²) < 4.78 is 0. The van der Waals surface area contributed by atoms with Crippen LogP contribution in [0.5, 0.6) is 0 Å². The van der Waals surface area contributed by atoms with E-state index in [4.69, 9.17) is 0 Å². The van der Waals surface area contributed by atoms with Gasteiger partial charge in [0.1, 0.15) is 0 Å². The number of hydrogen-bond donors (Lipinski definition) is 0. The average Bonchev–Trinajstić information content (AvgIpc) is 2.24. The molecule has 1 aromatic rings. The fourth-order valence-electron chi connectivity index (χ4n) is 3.10. The molecule has 98 valence electrons. The fraction of sp³-hybridized carbons (Fsp3) is 0.533. The summed E-state index contributed by atoms with van der Waals surface area (Å²) in [5.74, 6) is 0.213. The largest absolute Gasteiger partial charge is 0.295 e. The van der Waals surface area contributed by atoms with Crippen LogP contribution in [0.15, 0.2) is 12.1 Å². The summed E-state index contributed by atoms with van der Waals surface area (Å²) in [6, 6.07) is 7.39. The zero-order chi connectivity index (χ0) is 13.7. The Kier molecular flexibility index (Phi) is 3.18. The highest BCUT2D eigenvalue weighted by Gasteiger charge is 2.39. The number of benzene rings is 1. The molecule has 1 heterocycles. The van der Waals surface area contributed by atoms with Crippen LogP contribution in [0.4, 0.5) is 0 Å². The van der Waals surface area contributed by atoms with Gasteiger partial charge in [0.25, 0.3) is 0 Å². The molecular formula is C15H24OSi2. The maximum absolute atomic E-state index is 11.8. The summed E-state index contributed by atoms with van der Waals surface area (Å²) in [7, 11) is -2.58. The molecule has 0 aliphatic carbocycles. The maximum atomic E-state index is 11.8. The molecule has 18 heavy (non-hydrogen) atoms. The molecule has 3 heteroatoms. The lowest BCUT2D eigenvalue weighted by Gasteiger charge is -2.40. The summed E-state index contributed by atoms with van der Waals surface area (Å²) in [5.41, 5.74) is 2.12. The molecule has 2 rings (SSSR count). The summed E-state index contributed by atoms with van der Waals surface area (Å²) in [6.45, 7) is 13.6. The van der Waals surface area contributed by atoms with E-state index in [1.54, 1.807) is 17.3 Å².